The topological polar surface area (TPSA) is 150 Å². The first-order valence-corrected chi connectivity index (χ1v) is 12.7. The van der Waals surface area contributed by atoms with E-state index in [1.165, 1.54) is 23.6 Å². The Labute approximate surface area is 202 Å². The first kappa shape index (κ1) is 24.9. The molecule has 0 saturated carbocycles. The van der Waals surface area contributed by atoms with Gasteiger partial charge in [-0.3, -0.25) is 19.2 Å². The molecule has 11 heteroatoms. The molecule has 0 aromatic carbocycles. The second-order valence-corrected chi connectivity index (χ2v) is 11.3. The van der Waals surface area contributed by atoms with Crippen LogP contribution in [-0.2, 0) is 24.0 Å². The van der Waals surface area contributed by atoms with Crippen molar-refractivity contribution in [3.05, 3.63) is 10.6 Å². The van der Waals surface area contributed by atoms with Crippen LogP contribution in [0.5, 0.6) is 0 Å². The van der Waals surface area contributed by atoms with E-state index in [0.29, 0.717) is 31.0 Å². The molecule has 4 aliphatic rings. The van der Waals surface area contributed by atoms with Crippen molar-refractivity contribution < 1.29 is 29.1 Å². The van der Waals surface area contributed by atoms with Gasteiger partial charge in [0, 0.05) is 55.1 Å². The number of fused-ring (bicyclic) bond motifs is 1. The van der Waals surface area contributed by atoms with Crippen LogP contribution in [0, 0.1) is 17.8 Å². The SMILES string of the molecule is CC(=O)C(=O)C[C@H](C)[C@H]1C(=O)N2C(C(=O)O)=C(SC3CNC(C(=O)N4CC[C@H](N)C4)C3)[C@H](C)[C@H]12. The summed E-state index contributed by atoms with van der Waals surface area (Å²) in [5.74, 6) is -3.54. The van der Waals surface area contributed by atoms with Gasteiger partial charge in [0.2, 0.25) is 11.8 Å². The van der Waals surface area contributed by atoms with Crippen molar-refractivity contribution in [2.24, 2.45) is 23.5 Å². The minimum Gasteiger partial charge on any atom is -0.477 e. The average Bonchev–Trinajstić information content (AvgIpc) is 3.46. The van der Waals surface area contributed by atoms with Gasteiger partial charge in [-0.15, -0.1) is 11.8 Å². The van der Waals surface area contributed by atoms with Gasteiger partial charge in [-0.25, -0.2) is 4.79 Å². The minimum atomic E-state index is -1.15. The first-order valence-electron chi connectivity index (χ1n) is 11.8. The summed E-state index contributed by atoms with van der Waals surface area (Å²) in [6, 6.07) is -0.646. The molecule has 0 radical (unpaired) electrons. The molecule has 0 spiro atoms. The van der Waals surface area contributed by atoms with Gasteiger partial charge in [0.1, 0.15) is 5.70 Å². The predicted octanol–water partition coefficient (Wildman–Crippen LogP) is -0.0331. The maximum Gasteiger partial charge on any atom is 0.353 e. The van der Waals surface area contributed by atoms with Crippen molar-refractivity contribution in [3.63, 3.8) is 0 Å². The van der Waals surface area contributed by atoms with Gasteiger partial charge in [-0.05, 0) is 18.8 Å². The summed E-state index contributed by atoms with van der Waals surface area (Å²) >= 11 is 1.43. The quantitative estimate of drug-likeness (QED) is 0.313. The van der Waals surface area contributed by atoms with Gasteiger partial charge in [0.25, 0.3) is 0 Å². The molecule has 2 unspecified atom stereocenters. The number of nitrogens with one attached hydrogen (secondary N) is 1. The molecule has 4 aliphatic heterocycles. The van der Waals surface area contributed by atoms with Gasteiger partial charge in [0.05, 0.1) is 18.0 Å². The van der Waals surface area contributed by atoms with Crippen LogP contribution in [0.15, 0.2) is 10.6 Å². The fourth-order valence-electron chi connectivity index (χ4n) is 5.70. The van der Waals surface area contributed by atoms with E-state index in [1.807, 2.05) is 6.92 Å². The van der Waals surface area contributed by atoms with Gasteiger partial charge < -0.3 is 26.0 Å². The number of amides is 2. The van der Waals surface area contributed by atoms with E-state index >= 15 is 0 Å². The molecule has 0 aromatic rings. The lowest BCUT2D eigenvalue weighted by Crippen LogP contribution is -2.62. The van der Waals surface area contributed by atoms with Crippen molar-refractivity contribution in [2.45, 2.75) is 63.4 Å². The van der Waals surface area contributed by atoms with E-state index in [2.05, 4.69) is 5.32 Å². The van der Waals surface area contributed by atoms with Crippen molar-refractivity contribution in [1.29, 1.82) is 0 Å². The molecular formula is C23H32N4O6S. The normalized spacial score (nSPS) is 33.7. The van der Waals surface area contributed by atoms with Crippen LogP contribution in [0.2, 0.25) is 0 Å². The zero-order valence-electron chi connectivity index (χ0n) is 19.7. The Balaban J connectivity index is 1.45. The number of likely N-dealkylation sites (tertiary alicyclic amines) is 1. The van der Waals surface area contributed by atoms with Crippen LogP contribution in [0.25, 0.3) is 0 Å². The number of carboxylic acids is 1. The Morgan fingerprint density at radius 2 is 2.00 bits per heavy atom. The second kappa shape index (κ2) is 9.43. The predicted molar refractivity (Wildman–Crippen MR) is 124 cm³/mol. The number of hydrogen-bond acceptors (Lipinski definition) is 8. The third-order valence-electron chi connectivity index (χ3n) is 7.52. The van der Waals surface area contributed by atoms with Gasteiger partial charge in [0.15, 0.2) is 11.6 Å². The van der Waals surface area contributed by atoms with E-state index in [1.54, 1.807) is 11.8 Å². The second-order valence-electron chi connectivity index (χ2n) is 9.96. The third-order valence-corrected chi connectivity index (χ3v) is 9.03. The summed E-state index contributed by atoms with van der Waals surface area (Å²) in [5, 5.41) is 13.2. The maximum absolute atomic E-state index is 12.9. The minimum absolute atomic E-state index is 0.000919. The molecule has 7 atom stereocenters. The number of aliphatic carboxylic acids is 1. The lowest BCUT2D eigenvalue weighted by molar-refractivity contribution is -0.160. The number of nitrogens with two attached hydrogens (primary N) is 1. The molecule has 4 rings (SSSR count). The van der Waals surface area contributed by atoms with Crippen LogP contribution >= 0.6 is 11.8 Å². The highest BCUT2D eigenvalue weighted by molar-refractivity contribution is 8.03. The number of carbonyl (C=O) groups excluding carboxylic acids is 4. The lowest BCUT2D eigenvalue weighted by Gasteiger charge is -2.47. The number of carboxylic acid groups (broad SMARTS) is 1. The Kier molecular flexibility index (Phi) is 6.90. The smallest absolute Gasteiger partial charge is 0.353 e. The Bertz CT molecular complexity index is 967. The van der Waals surface area contributed by atoms with Gasteiger partial charge in [-0.2, -0.15) is 0 Å². The Morgan fingerprint density at radius 3 is 2.59 bits per heavy atom. The van der Waals surface area contributed by atoms with E-state index in [-0.39, 0.29) is 59.1 Å². The number of hydrogen-bond donors (Lipinski definition) is 3. The van der Waals surface area contributed by atoms with E-state index < -0.39 is 23.5 Å². The van der Waals surface area contributed by atoms with Crippen molar-refractivity contribution >= 4 is 41.1 Å². The van der Waals surface area contributed by atoms with Crippen LogP contribution in [-0.4, -0.2) is 87.3 Å². The molecule has 3 fully saturated rings. The average molecular weight is 493 g/mol. The van der Waals surface area contributed by atoms with Gasteiger partial charge in [-0.1, -0.05) is 13.8 Å². The summed E-state index contributed by atoms with van der Waals surface area (Å²) in [6.45, 7) is 6.67. The largest absolute Gasteiger partial charge is 0.477 e. The molecule has 0 aromatic heterocycles. The van der Waals surface area contributed by atoms with E-state index in [9.17, 15) is 29.1 Å². The summed E-state index contributed by atoms with van der Waals surface area (Å²) < 4.78 is 0. The fourth-order valence-corrected chi connectivity index (χ4v) is 7.18. The van der Waals surface area contributed by atoms with Crippen molar-refractivity contribution in [2.75, 3.05) is 19.6 Å². The summed E-state index contributed by atoms with van der Waals surface area (Å²) in [6.07, 6.45) is 1.35. The number of thioether (sulfide) groups is 1. The molecule has 3 saturated heterocycles. The highest BCUT2D eigenvalue weighted by Crippen LogP contribution is 2.53. The third kappa shape index (κ3) is 4.29. The van der Waals surface area contributed by atoms with E-state index in [0.717, 1.165) is 6.42 Å². The van der Waals surface area contributed by atoms with Crippen LogP contribution in [0.1, 0.15) is 40.0 Å². The molecule has 0 aliphatic carbocycles. The zero-order chi connectivity index (χ0) is 24.9. The molecule has 4 heterocycles. The Morgan fingerprint density at radius 1 is 1.29 bits per heavy atom. The molecule has 0 bridgehead atoms. The van der Waals surface area contributed by atoms with Crippen LogP contribution in [0.3, 0.4) is 0 Å². The highest BCUT2D eigenvalue weighted by atomic mass is 32.2. The van der Waals surface area contributed by atoms with Crippen molar-refractivity contribution in [3.8, 4) is 0 Å². The Hall–Kier alpha value is -2.24. The fraction of sp³-hybridized carbons (Fsp3) is 0.696. The summed E-state index contributed by atoms with van der Waals surface area (Å²) in [7, 11) is 0. The monoisotopic (exact) mass is 492 g/mol. The highest BCUT2D eigenvalue weighted by Gasteiger charge is 2.60. The lowest BCUT2D eigenvalue weighted by atomic mass is 9.73. The van der Waals surface area contributed by atoms with Crippen molar-refractivity contribution in [1.82, 2.24) is 15.1 Å². The summed E-state index contributed by atoms with van der Waals surface area (Å²) in [4.78, 5) is 65.0. The molecule has 10 nitrogen and oxygen atoms in total. The standard InChI is InChI=1S/C23H32N4O6S/c1-10(6-16(29)12(3)28)17-18-11(2)20(19(23(32)33)27(18)22(17)31)34-14-7-15(25-8-14)21(30)26-5-4-13(24)9-26/h10-11,13-15,17-18,25H,4-9,24H2,1-3H3,(H,32,33)/t10-,11+,13-,14?,15?,17+,18+/m0/s1. The molecule has 34 heavy (non-hydrogen) atoms. The first-order chi connectivity index (χ1) is 16.0. The maximum atomic E-state index is 12.9. The number of nitrogens with zero attached hydrogens (tertiary/aromatic N) is 2. The molecule has 4 N–H and O–H groups in total. The van der Waals surface area contributed by atoms with Gasteiger partial charge >= 0.3 is 5.97 Å². The number of carbonyl (C=O) groups is 5. The van der Waals surface area contributed by atoms with Crippen LogP contribution < -0.4 is 11.1 Å². The number of rotatable bonds is 8. The van der Waals surface area contributed by atoms with E-state index in [4.69, 9.17) is 5.73 Å². The molecular weight excluding hydrogens is 460 g/mol. The molecule has 186 valence electrons. The number of ketones is 2. The van der Waals surface area contributed by atoms with Crippen LogP contribution in [0.4, 0.5) is 0 Å². The number of Topliss-reactive ketones (excluding diaryl/α,β-unsaturated/α-hetero) is 2. The number of β-lactam (4-membered cyclic amide) rings is 1. The summed E-state index contributed by atoms with van der Waals surface area (Å²) in [5.41, 5.74) is 5.93. The zero-order valence-corrected chi connectivity index (χ0v) is 20.5. The molecule has 2 amide bonds.